The zero-order valence-corrected chi connectivity index (χ0v) is 12.0. The van der Waals surface area contributed by atoms with Crippen LogP contribution in [-0.4, -0.2) is 34.7 Å². The average Bonchev–Trinajstić information content (AvgIpc) is 2.87. The fourth-order valence-electron chi connectivity index (χ4n) is 2.25. The third kappa shape index (κ3) is 3.36. The molecule has 5 nitrogen and oxygen atoms in total. The Morgan fingerprint density at radius 1 is 1.40 bits per heavy atom. The third-order valence-corrected chi connectivity index (χ3v) is 3.21. The van der Waals surface area contributed by atoms with E-state index in [0.29, 0.717) is 13.0 Å². The Bertz CT molecular complexity index is 565. The Balaban J connectivity index is 2.03. The van der Waals surface area contributed by atoms with Crippen LogP contribution >= 0.6 is 0 Å². The van der Waals surface area contributed by atoms with E-state index >= 15 is 0 Å². The normalized spacial score (nSPS) is 12.5. The number of hydrogen-bond acceptors (Lipinski definition) is 4. The van der Waals surface area contributed by atoms with Crippen molar-refractivity contribution in [1.29, 1.82) is 0 Å². The smallest absolute Gasteiger partial charge is 0.323 e. The van der Waals surface area contributed by atoms with Gasteiger partial charge in [0, 0.05) is 6.54 Å². The molecule has 0 spiro atoms. The molecule has 1 N–H and O–H groups in total. The van der Waals surface area contributed by atoms with Crippen molar-refractivity contribution in [3.05, 3.63) is 30.6 Å². The van der Waals surface area contributed by atoms with Gasteiger partial charge in [0.2, 0.25) is 0 Å². The molecule has 108 valence electrons. The molecular weight excluding hydrogens is 254 g/mol. The SMILES string of the molecule is CCNC(CCn1cnc2ccccc21)C(=O)OCC. The maximum Gasteiger partial charge on any atom is 0.323 e. The molecule has 0 fully saturated rings. The molecule has 0 saturated heterocycles. The lowest BCUT2D eigenvalue weighted by molar-refractivity contribution is -0.145. The Morgan fingerprint density at radius 3 is 2.95 bits per heavy atom. The minimum atomic E-state index is -0.263. The quantitative estimate of drug-likeness (QED) is 0.785. The lowest BCUT2D eigenvalue weighted by atomic mass is 10.2. The van der Waals surface area contributed by atoms with Gasteiger partial charge in [-0.2, -0.15) is 0 Å². The maximum atomic E-state index is 11.8. The second-order valence-electron chi connectivity index (χ2n) is 4.58. The molecule has 0 radical (unpaired) electrons. The van der Waals surface area contributed by atoms with Crippen LogP contribution < -0.4 is 5.32 Å². The van der Waals surface area contributed by atoms with Crippen molar-refractivity contribution in [1.82, 2.24) is 14.9 Å². The molecule has 0 bridgehead atoms. The van der Waals surface area contributed by atoms with Crippen LogP contribution in [0.1, 0.15) is 20.3 Å². The molecule has 2 aromatic rings. The summed E-state index contributed by atoms with van der Waals surface area (Å²) < 4.78 is 7.16. The first-order valence-corrected chi connectivity index (χ1v) is 7.06. The summed E-state index contributed by atoms with van der Waals surface area (Å²) in [6.07, 6.45) is 2.51. The second kappa shape index (κ2) is 7.05. The van der Waals surface area contributed by atoms with Gasteiger partial charge in [-0.15, -0.1) is 0 Å². The van der Waals surface area contributed by atoms with Crippen LogP contribution in [-0.2, 0) is 16.1 Å². The van der Waals surface area contributed by atoms with E-state index in [1.54, 1.807) is 0 Å². The van der Waals surface area contributed by atoms with Gasteiger partial charge in [0.15, 0.2) is 0 Å². The van der Waals surface area contributed by atoms with Crippen molar-refractivity contribution in [3.8, 4) is 0 Å². The predicted octanol–water partition coefficient (Wildman–Crippen LogP) is 1.97. The molecule has 0 amide bonds. The zero-order chi connectivity index (χ0) is 14.4. The zero-order valence-electron chi connectivity index (χ0n) is 12.0. The molecule has 0 saturated carbocycles. The molecule has 20 heavy (non-hydrogen) atoms. The maximum absolute atomic E-state index is 11.8. The van der Waals surface area contributed by atoms with Gasteiger partial charge in [-0.3, -0.25) is 4.79 Å². The summed E-state index contributed by atoms with van der Waals surface area (Å²) in [6, 6.07) is 7.72. The fraction of sp³-hybridized carbons (Fsp3) is 0.467. The van der Waals surface area contributed by atoms with Crippen LogP contribution in [0.2, 0.25) is 0 Å². The van der Waals surface area contributed by atoms with E-state index in [-0.39, 0.29) is 12.0 Å². The highest BCUT2D eigenvalue weighted by molar-refractivity contribution is 5.76. The number of aryl methyl sites for hydroxylation is 1. The number of aromatic nitrogens is 2. The molecule has 0 aliphatic rings. The number of para-hydroxylation sites is 2. The van der Waals surface area contributed by atoms with Crippen LogP contribution in [0, 0.1) is 0 Å². The highest BCUT2D eigenvalue weighted by Gasteiger charge is 2.18. The average molecular weight is 275 g/mol. The number of carbonyl (C=O) groups excluding carboxylic acids is 1. The molecule has 5 heteroatoms. The fourth-order valence-corrected chi connectivity index (χ4v) is 2.25. The highest BCUT2D eigenvalue weighted by Crippen LogP contribution is 2.12. The highest BCUT2D eigenvalue weighted by atomic mass is 16.5. The summed E-state index contributed by atoms with van der Waals surface area (Å²) in [5.74, 6) is -0.182. The molecule has 1 atom stereocenters. The molecule has 1 heterocycles. The number of fused-ring (bicyclic) bond motifs is 1. The number of ether oxygens (including phenoxy) is 1. The van der Waals surface area contributed by atoms with Crippen molar-refractivity contribution < 1.29 is 9.53 Å². The van der Waals surface area contributed by atoms with E-state index in [4.69, 9.17) is 4.74 Å². The Morgan fingerprint density at radius 2 is 2.20 bits per heavy atom. The van der Waals surface area contributed by atoms with E-state index in [9.17, 15) is 4.79 Å². The number of rotatable bonds is 7. The minimum absolute atomic E-state index is 0.182. The van der Waals surface area contributed by atoms with Gasteiger partial charge in [0.25, 0.3) is 0 Å². The first kappa shape index (κ1) is 14.5. The number of nitrogens with one attached hydrogen (secondary N) is 1. The van der Waals surface area contributed by atoms with Crippen LogP contribution in [0.5, 0.6) is 0 Å². The number of nitrogens with zero attached hydrogens (tertiary/aromatic N) is 2. The van der Waals surface area contributed by atoms with Gasteiger partial charge in [-0.1, -0.05) is 19.1 Å². The van der Waals surface area contributed by atoms with Gasteiger partial charge in [0.05, 0.1) is 24.0 Å². The van der Waals surface area contributed by atoms with Crippen LogP contribution in [0.25, 0.3) is 11.0 Å². The molecule has 0 aliphatic heterocycles. The largest absolute Gasteiger partial charge is 0.465 e. The summed E-state index contributed by atoms with van der Waals surface area (Å²) in [7, 11) is 0. The number of carbonyl (C=O) groups is 1. The standard InChI is InChI=1S/C15H21N3O2/c1-3-16-13(15(19)20-4-2)9-10-18-11-17-12-7-5-6-8-14(12)18/h5-8,11,13,16H,3-4,9-10H2,1-2H3. The number of hydrogen-bond donors (Lipinski definition) is 1. The summed E-state index contributed by atoms with van der Waals surface area (Å²) >= 11 is 0. The Hall–Kier alpha value is -1.88. The Kier molecular flexibility index (Phi) is 5.12. The summed E-state index contributed by atoms with van der Waals surface area (Å²) in [5, 5.41) is 3.17. The number of esters is 1. The van der Waals surface area contributed by atoms with Crippen molar-refractivity contribution in [2.45, 2.75) is 32.9 Å². The van der Waals surface area contributed by atoms with Gasteiger partial charge in [-0.05, 0) is 32.0 Å². The van der Waals surface area contributed by atoms with E-state index in [0.717, 1.165) is 24.1 Å². The second-order valence-corrected chi connectivity index (χ2v) is 4.58. The number of likely N-dealkylation sites (N-methyl/N-ethyl adjacent to an activating group) is 1. The summed E-state index contributed by atoms with van der Waals surface area (Å²) in [6.45, 7) is 5.70. The van der Waals surface area contributed by atoms with Gasteiger partial charge < -0.3 is 14.6 Å². The van der Waals surface area contributed by atoms with Gasteiger partial charge in [-0.25, -0.2) is 4.98 Å². The topological polar surface area (TPSA) is 56.2 Å². The third-order valence-electron chi connectivity index (χ3n) is 3.21. The Labute approximate surface area is 118 Å². The van der Waals surface area contributed by atoms with Crippen LogP contribution in [0.4, 0.5) is 0 Å². The lowest BCUT2D eigenvalue weighted by Crippen LogP contribution is -2.38. The lowest BCUT2D eigenvalue weighted by Gasteiger charge is -2.16. The monoisotopic (exact) mass is 275 g/mol. The van der Waals surface area contributed by atoms with E-state index in [1.165, 1.54) is 0 Å². The molecule has 2 rings (SSSR count). The number of benzene rings is 1. The van der Waals surface area contributed by atoms with Crippen molar-refractivity contribution in [2.75, 3.05) is 13.2 Å². The first-order chi connectivity index (χ1) is 9.76. The molecule has 0 aliphatic carbocycles. The summed E-state index contributed by atoms with van der Waals surface area (Å²) in [5.41, 5.74) is 2.07. The van der Waals surface area contributed by atoms with Crippen LogP contribution in [0.15, 0.2) is 30.6 Å². The van der Waals surface area contributed by atoms with Crippen molar-refractivity contribution in [3.63, 3.8) is 0 Å². The van der Waals surface area contributed by atoms with Crippen LogP contribution in [0.3, 0.4) is 0 Å². The molecule has 1 aromatic carbocycles. The van der Waals surface area contributed by atoms with Crippen molar-refractivity contribution >= 4 is 17.0 Å². The molecular formula is C15H21N3O2. The predicted molar refractivity (Wildman–Crippen MR) is 78.4 cm³/mol. The molecule has 1 aromatic heterocycles. The number of imidazole rings is 1. The van der Waals surface area contributed by atoms with Gasteiger partial charge >= 0.3 is 5.97 Å². The van der Waals surface area contributed by atoms with E-state index < -0.39 is 0 Å². The molecule has 1 unspecified atom stereocenters. The minimum Gasteiger partial charge on any atom is -0.465 e. The van der Waals surface area contributed by atoms with E-state index in [1.807, 2.05) is 44.4 Å². The first-order valence-electron chi connectivity index (χ1n) is 7.06. The van der Waals surface area contributed by atoms with Crippen molar-refractivity contribution in [2.24, 2.45) is 0 Å². The van der Waals surface area contributed by atoms with Gasteiger partial charge in [0.1, 0.15) is 6.04 Å². The van der Waals surface area contributed by atoms with E-state index in [2.05, 4.69) is 14.9 Å². The summed E-state index contributed by atoms with van der Waals surface area (Å²) in [4.78, 5) is 16.2.